The van der Waals surface area contributed by atoms with E-state index < -0.39 is 0 Å². The lowest BCUT2D eigenvalue weighted by atomic mass is 10.3. The predicted molar refractivity (Wildman–Crippen MR) is 100.0 cm³/mol. The molecule has 0 spiro atoms. The molecule has 0 aromatic carbocycles. The van der Waals surface area contributed by atoms with E-state index in [1.807, 2.05) is 51.4 Å². The molecule has 25 heavy (non-hydrogen) atoms. The van der Waals surface area contributed by atoms with Gasteiger partial charge in [-0.25, -0.2) is 4.98 Å². The largest absolute Gasteiger partial charge is 0.377 e. The van der Waals surface area contributed by atoms with Gasteiger partial charge in [0.2, 0.25) is 5.95 Å². The summed E-state index contributed by atoms with van der Waals surface area (Å²) < 4.78 is 7.72. The topological polar surface area (TPSA) is 76.9 Å². The first-order valence-electron chi connectivity index (χ1n) is 8.47. The van der Waals surface area contributed by atoms with Crippen LogP contribution in [0.1, 0.15) is 19.5 Å². The van der Waals surface area contributed by atoms with Gasteiger partial charge in [-0.15, -0.1) is 0 Å². The molecule has 0 fully saturated rings. The zero-order valence-corrected chi connectivity index (χ0v) is 14.9. The van der Waals surface area contributed by atoms with Crippen LogP contribution in [0, 0.1) is 0 Å². The lowest BCUT2D eigenvalue weighted by Crippen LogP contribution is -2.15. The van der Waals surface area contributed by atoms with E-state index >= 15 is 0 Å². The molecule has 0 unspecified atom stereocenters. The SMILES string of the molecule is CNc1nc(NCCOC(C)C)c2c(ccn2Cc2ccccn2)n1. The average molecular weight is 340 g/mol. The molecule has 0 aliphatic rings. The van der Waals surface area contributed by atoms with Crippen molar-refractivity contribution in [2.24, 2.45) is 0 Å². The Morgan fingerprint density at radius 1 is 1.20 bits per heavy atom. The molecule has 7 nitrogen and oxygen atoms in total. The summed E-state index contributed by atoms with van der Waals surface area (Å²) in [4.78, 5) is 13.5. The highest BCUT2D eigenvalue weighted by molar-refractivity contribution is 5.87. The van der Waals surface area contributed by atoms with Crippen molar-refractivity contribution in [2.75, 3.05) is 30.8 Å². The van der Waals surface area contributed by atoms with E-state index in [0.29, 0.717) is 25.6 Å². The Morgan fingerprint density at radius 3 is 2.80 bits per heavy atom. The summed E-state index contributed by atoms with van der Waals surface area (Å²) in [6.07, 6.45) is 4.04. The highest BCUT2D eigenvalue weighted by Crippen LogP contribution is 2.24. The molecule has 0 radical (unpaired) electrons. The zero-order chi connectivity index (χ0) is 17.6. The Morgan fingerprint density at radius 2 is 2.08 bits per heavy atom. The first-order valence-corrected chi connectivity index (χ1v) is 8.47. The number of rotatable bonds is 8. The van der Waals surface area contributed by atoms with Crippen LogP contribution in [-0.4, -0.2) is 45.8 Å². The molecule has 0 bridgehead atoms. The minimum Gasteiger partial charge on any atom is -0.377 e. The van der Waals surface area contributed by atoms with Crippen LogP contribution in [-0.2, 0) is 11.3 Å². The maximum atomic E-state index is 5.60. The minimum atomic E-state index is 0.216. The lowest BCUT2D eigenvalue weighted by molar-refractivity contribution is 0.0870. The van der Waals surface area contributed by atoms with E-state index in [-0.39, 0.29) is 6.10 Å². The van der Waals surface area contributed by atoms with Gasteiger partial charge in [-0.2, -0.15) is 4.98 Å². The summed E-state index contributed by atoms with van der Waals surface area (Å²) in [5.74, 6) is 1.39. The monoisotopic (exact) mass is 340 g/mol. The molecule has 0 saturated heterocycles. The van der Waals surface area contributed by atoms with Gasteiger partial charge in [0.1, 0.15) is 5.52 Å². The van der Waals surface area contributed by atoms with E-state index in [1.165, 1.54) is 0 Å². The van der Waals surface area contributed by atoms with Crippen LogP contribution in [0.2, 0.25) is 0 Å². The average Bonchev–Trinajstić information content (AvgIpc) is 3.02. The standard InChI is InChI=1S/C18H24N6O/c1-13(2)25-11-9-21-17-16-15(22-18(19-3)23-17)7-10-24(16)12-14-6-4-5-8-20-14/h4-8,10,13H,9,11-12H2,1-3H3,(H2,19,21,22,23). The summed E-state index contributed by atoms with van der Waals surface area (Å²) in [6.45, 7) is 6.03. The second kappa shape index (κ2) is 7.94. The number of ether oxygens (including phenoxy) is 1. The predicted octanol–water partition coefficient (Wildman–Crippen LogP) is 2.75. The normalized spacial score (nSPS) is 11.2. The fourth-order valence-corrected chi connectivity index (χ4v) is 2.60. The Labute approximate surface area is 147 Å². The Bertz CT molecular complexity index is 815. The maximum absolute atomic E-state index is 5.60. The number of nitrogens with one attached hydrogen (secondary N) is 2. The van der Waals surface area contributed by atoms with Gasteiger partial charge < -0.3 is 19.9 Å². The Hall–Kier alpha value is -2.67. The quantitative estimate of drug-likeness (QED) is 0.614. The molecule has 3 aromatic heterocycles. The maximum Gasteiger partial charge on any atom is 0.225 e. The smallest absolute Gasteiger partial charge is 0.225 e. The van der Waals surface area contributed by atoms with E-state index in [9.17, 15) is 0 Å². The van der Waals surface area contributed by atoms with E-state index in [0.717, 1.165) is 22.5 Å². The fraction of sp³-hybridized carbons (Fsp3) is 0.389. The molecular formula is C18H24N6O. The van der Waals surface area contributed by atoms with E-state index in [2.05, 4.69) is 30.2 Å². The number of anilines is 2. The third-order valence-corrected chi connectivity index (χ3v) is 3.74. The second-order valence-electron chi connectivity index (χ2n) is 5.99. The summed E-state index contributed by atoms with van der Waals surface area (Å²) in [7, 11) is 1.82. The van der Waals surface area contributed by atoms with Gasteiger partial charge in [-0.1, -0.05) is 6.07 Å². The summed E-state index contributed by atoms with van der Waals surface area (Å²) in [6, 6.07) is 7.92. The van der Waals surface area contributed by atoms with Crippen molar-refractivity contribution >= 4 is 22.8 Å². The van der Waals surface area contributed by atoms with Gasteiger partial charge in [0.15, 0.2) is 5.82 Å². The molecule has 3 aromatic rings. The van der Waals surface area contributed by atoms with Crippen LogP contribution in [0.15, 0.2) is 36.7 Å². The number of hydrogen-bond acceptors (Lipinski definition) is 6. The number of fused-ring (bicyclic) bond motifs is 1. The third kappa shape index (κ3) is 4.24. The van der Waals surface area contributed by atoms with Crippen LogP contribution in [0.3, 0.4) is 0 Å². The Kier molecular flexibility index (Phi) is 5.45. The molecule has 7 heteroatoms. The van der Waals surface area contributed by atoms with Crippen molar-refractivity contribution in [2.45, 2.75) is 26.5 Å². The van der Waals surface area contributed by atoms with Crippen molar-refractivity contribution in [3.63, 3.8) is 0 Å². The van der Waals surface area contributed by atoms with Gasteiger partial charge in [0.05, 0.1) is 30.5 Å². The van der Waals surface area contributed by atoms with Crippen molar-refractivity contribution < 1.29 is 4.74 Å². The number of pyridine rings is 1. The second-order valence-corrected chi connectivity index (χ2v) is 5.99. The van der Waals surface area contributed by atoms with Gasteiger partial charge in [0.25, 0.3) is 0 Å². The van der Waals surface area contributed by atoms with Gasteiger partial charge >= 0.3 is 0 Å². The van der Waals surface area contributed by atoms with Crippen LogP contribution in [0.4, 0.5) is 11.8 Å². The van der Waals surface area contributed by atoms with Crippen LogP contribution in [0.5, 0.6) is 0 Å². The number of aromatic nitrogens is 4. The van der Waals surface area contributed by atoms with Crippen molar-refractivity contribution in [1.29, 1.82) is 0 Å². The third-order valence-electron chi connectivity index (χ3n) is 3.74. The van der Waals surface area contributed by atoms with Crippen molar-refractivity contribution in [1.82, 2.24) is 19.5 Å². The van der Waals surface area contributed by atoms with Crippen molar-refractivity contribution in [3.05, 3.63) is 42.4 Å². The minimum absolute atomic E-state index is 0.216. The summed E-state index contributed by atoms with van der Waals surface area (Å²) in [5, 5.41) is 6.38. The summed E-state index contributed by atoms with van der Waals surface area (Å²) in [5.41, 5.74) is 2.85. The lowest BCUT2D eigenvalue weighted by Gasteiger charge is -2.13. The highest BCUT2D eigenvalue weighted by atomic mass is 16.5. The number of hydrogen-bond donors (Lipinski definition) is 2. The molecule has 0 atom stereocenters. The fourth-order valence-electron chi connectivity index (χ4n) is 2.60. The molecule has 0 saturated carbocycles. The molecule has 2 N–H and O–H groups in total. The van der Waals surface area contributed by atoms with Gasteiger partial charge in [-0.05, 0) is 32.0 Å². The molecule has 0 amide bonds. The first kappa shape index (κ1) is 17.2. The highest BCUT2D eigenvalue weighted by Gasteiger charge is 2.12. The number of nitrogens with zero attached hydrogens (tertiary/aromatic N) is 4. The van der Waals surface area contributed by atoms with Crippen LogP contribution < -0.4 is 10.6 Å². The van der Waals surface area contributed by atoms with Crippen molar-refractivity contribution in [3.8, 4) is 0 Å². The molecular weight excluding hydrogens is 316 g/mol. The van der Waals surface area contributed by atoms with Gasteiger partial charge in [-0.3, -0.25) is 4.98 Å². The molecule has 0 aliphatic heterocycles. The van der Waals surface area contributed by atoms with E-state index in [4.69, 9.17) is 4.74 Å². The molecule has 0 aliphatic carbocycles. The zero-order valence-electron chi connectivity index (χ0n) is 14.9. The molecule has 3 heterocycles. The Balaban J connectivity index is 1.88. The molecule has 3 rings (SSSR count). The van der Waals surface area contributed by atoms with Crippen LogP contribution >= 0.6 is 0 Å². The summed E-state index contributed by atoms with van der Waals surface area (Å²) >= 11 is 0. The van der Waals surface area contributed by atoms with Crippen LogP contribution in [0.25, 0.3) is 11.0 Å². The molecule has 132 valence electrons. The van der Waals surface area contributed by atoms with Gasteiger partial charge in [0, 0.05) is 26.0 Å². The van der Waals surface area contributed by atoms with E-state index in [1.54, 1.807) is 6.20 Å². The first-order chi connectivity index (χ1) is 12.2.